The molecule has 0 aromatic heterocycles. The Kier molecular flexibility index (Phi) is 1.76. The molecule has 2 aliphatic carbocycles. The molecule has 0 amide bonds. The summed E-state index contributed by atoms with van der Waals surface area (Å²) in [6.07, 6.45) is 5.75. The van der Waals surface area contributed by atoms with E-state index in [-0.39, 0.29) is 0 Å². The minimum absolute atomic E-state index is 0.776. The molecule has 2 atom stereocenters. The van der Waals surface area contributed by atoms with E-state index in [1.54, 1.807) is 5.57 Å². The highest BCUT2D eigenvalue weighted by molar-refractivity contribution is 5.23. The van der Waals surface area contributed by atoms with Crippen LogP contribution in [0.3, 0.4) is 0 Å². The molecule has 62 valence electrons. The summed E-state index contributed by atoms with van der Waals surface area (Å²) in [5, 5.41) is 0. The van der Waals surface area contributed by atoms with Crippen LogP contribution in [-0.4, -0.2) is 6.54 Å². The van der Waals surface area contributed by atoms with Crippen LogP contribution in [0.1, 0.15) is 32.6 Å². The average Bonchev–Trinajstić information content (AvgIpc) is 2.62. The third-order valence-electron chi connectivity index (χ3n) is 3.40. The summed E-state index contributed by atoms with van der Waals surface area (Å²) < 4.78 is 0. The number of hydrogen-bond donors (Lipinski definition) is 1. The Morgan fingerprint density at radius 3 is 2.82 bits per heavy atom. The lowest BCUT2D eigenvalue weighted by molar-refractivity contribution is 0.556. The van der Waals surface area contributed by atoms with Gasteiger partial charge in [0.25, 0.3) is 0 Å². The van der Waals surface area contributed by atoms with Gasteiger partial charge in [0.2, 0.25) is 0 Å². The summed E-state index contributed by atoms with van der Waals surface area (Å²) in [6, 6.07) is 0. The molecule has 0 aromatic carbocycles. The molecule has 2 rings (SSSR count). The van der Waals surface area contributed by atoms with E-state index in [0.717, 1.165) is 18.4 Å². The number of hydrogen-bond acceptors (Lipinski definition) is 1. The molecule has 1 heteroatoms. The third-order valence-corrected chi connectivity index (χ3v) is 3.40. The largest absolute Gasteiger partial charge is 0.327 e. The van der Waals surface area contributed by atoms with E-state index in [1.165, 1.54) is 31.3 Å². The summed E-state index contributed by atoms with van der Waals surface area (Å²) in [5.74, 6) is 1.96. The monoisotopic (exact) mass is 151 g/mol. The lowest BCUT2D eigenvalue weighted by Crippen LogP contribution is -2.07. The molecule has 0 aromatic rings. The lowest BCUT2D eigenvalue weighted by Gasteiger charge is -2.15. The molecule has 0 saturated heterocycles. The van der Waals surface area contributed by atoms with Crippen molar-refractivity contribution in [2.75, 3.05) is 6.54 Å². The van der Waals surface area contributed by atoms with Crippen LogP contribution in [0.4, 0.5) is 0 Å². The minimum atomic E-state index is 0.776. The van der Waals surface area contributed by atoms with Crippen molar-refractivity contribution < 1.29 is 0 Å². The third kappa shape index (κ3) is 1.12. The van der Waals surface area contributed by atoms with Crippen LogP contribution >= 0.6 is 0 Å². The van der Waals surface area contributed by atoms with Crippen molar-refractivity contribution >= 4 is 0 Å². The summed E-state index contributed by atoms with van der Waals surface area (Å²) in [4.78, 5) is 0. The number of rotatable bonds is 1. The van der Waals surface area contributed by atoms with Crippen molar-refractivity contribution in [1.29, 1.82) is 0 Å². The second kappa shape index (κ2) is 2.63. The molecule has 2 aliphatic rings. The van der Waals surface area contributed by atoms with Gasteiger partial charge < -0.3 is 5.73 Å². The normalized spacial score (nSPS) is 39.8. The zero-order chi connectivity index (χ0) is 7.84. The number of nitrogens with two attached hydrogens (primary N) is 1. The van der Waals surface area contributed by atoms with Crippen LogP contribution < -0.4 is 5.73 Å². The first kappa shape index (κ1) is 7.35. The highest BCUT2D eigenvalue weighted by Gasteiger charge is 2.35. The van der Waals surface area contributed by atoms with E-state index in [2.05, 4.69) is 6.92 Å². The Hall–Kier alpha value is -0.300. The van der Waals surface area contributed by atoms with Crippen molar-refractivity contribution in [2.24, 2.45) is 17.6 Å². The molecule has 2 saturated carbocycles. The summed E-state index contributed by atoms with van der Waals surface area (Å²) in [7, 11) is 0. The highest BCUT2D eigenvalue weighted by atomic mass is 14.5. The molecular formula is C10H17N. The van der Waals surface area contributed by atoms with E-state index >= 15 is 0 Å². The maximum Gasteiger partial charge on any atom is 0.0136 e. The van der Waals surface area contributed by atoms with Crippen molar-refractivity contribution in [3.8, 4) is 0 Å². The fourth-order valence-electron chi connectivity index (χ4n) is 2.71. The molecule has 0 spiro atoms. The smallest absolute Gasteiger partial charge is 0.0136 e. The fourth-order valence-corrected chi connectivity index (χ4v) is 2.71. The van der Waals surface area contributed by atoms with Gasteiger partial charge >= 0.3 is 0 Å². The van der Waals surface area contributed by atoms with Gasteiger partial charge in [0.1, 0.15) is 0 Å². The van der Waals surface area contributed by atoms with Crippen molar-refractivity contribution in [3.05, 3.63) is 11.1 Å². The first-order valence-electron chi connectivity index (χ1n) is 4.70. The molecule has 2 N–H and O–H groups in total. The first-order valence-corrected chi connectivity index (χ1v) is 4.70. The van der Waals surface area contributed by atoms with Crippen LogP contribution in [0.15, 0.2) is 11.1 Å². The molecule has 2 bridgehead atoms. The first-order chi connectivity index (χ1) is 5.31. The Bertz CT molecular complexity index is 193. The maximum absolute atomic E-state index is 5.63. The predicted molar refractivity (Wildman–Crippen MR) is 47.2 cm³/mol. The van der Waals surface area contributed by atoms with Gasteiger partial charge in [-0.05, 0) is 44.4 Å². The zero-order valence-electron chi connectivity index (χ0n) is 7.27. The molecule has 0 aliphatic heterocycles. The molecule has 11 heavy (non-hydrogen) atoms. The van der Waals surface area contributed by atoms with E-state index < -0.39 is 0 Å². The Morgan fingerprint density at radius 2 is 2.36 bits per heavy atom. The SMILES string of the molecule is C/C(CN)=C1\CC2CCC1C2. The molecule has 2 fully saturated rings. The van der Waals surface area contributed by atoms with Gasteiger partial charge in [0.15, 0.2) is 0 Å². The fraction of sp³-hybridized carbons (Fsp3) is 0.800. The van der Waals surface area contributed by atoms with Gasteiger partial charge in [-0.2, -0.15) is 0 Å². The number of allylic oxidation sites excluding steroid dienone is 1. The van der Waals surface area contributed by atoms with Gasteiger partial charge in [0.05, 0.1) is 0 Å². The highest BCUT2D eigenvalue weighted by Crippen LogP contribution is 2.48. The molecule has 0 heterocycles. The minimum Gasteiger partial charge on any atom is -0.327 e. The molecule has 0 radical (unpaired) electrons. The maximum atomic E-state index is 5.63. The van der Waals surface area contributed by atoms with E-state index in [1.807, 2.05) is 0 Å². The summed E-state index contributed by atoms with van der Waals surface area (Å²) in [5.41, 5.74) is 8.81. The number of fused-ring (bicyclic) bond motifs is 2. The van der Waals surface area contributed by atoms with Gasteiger partial charge in [-0.25, -0.2) is 0 Å². The second-order valence-electron chi connectivity index (χ2n) is 4.09. The van der Waals surface area contributed by atoms with Gasteiger partial charge in [0, 0.05) is 6.54 Å². The van der Waals surface area contributed by atoms with Gasteiger partial charge in [-0.3, -0.25) is 0 Å². The van der Waals surface area contributed by atoms with Crippen LogP contribution in [0.2, 0.25) is 0 Å². The predicted octanol–water partition coefficient (Wildman–Crippen LogP) is 2.08. The quantitative estimate of drug-likeness (QED) is 0.570. The van der Waals surface area contributed by atoms with Gasteiger partial charge in [-0.15, -0.1) is 0 Å². The molecular weight excluding hydrogens is 134 g/mol. The van der Waals surface area contributed by atoms with E-state index in [0.29, 0.717) is 0 Å². The van der Waals surface area contributed by atoms with Crippen LogP contribution in [0, 0.1) is 11.8 Å². The standard InChI is InChI=1S/C10H17N/c1-7(6-11)10-5-8-2-3-9(10)4-8/h8-9H,2-6,11H2,1H3/b10-7-. The zero-order valence-corrected chi connectivity index (χ0v) is 7.27. The van der Waals surface area contributed by atoms with Crippen molar-refractivity contribution in [1.82, 2.24) is 0 Å². The Labute approximate surface area is 68.7 Å². The lowest BCUT2D eigenvalue weighted by atomic mass is 9.91. The second-order valence-corrected chi connectivity index (χ2v) is 4.09. The average molecular weight is 151 g/mol. The topological polar surface area (TPSA) is 26.0 Å². The summed E-state index contributed by atoms with van der Waals surface area (Å²) in [6.45, 7) is 2.98. The summed E-state index contributed by atoms with van der Waals surface area (Å²) >= 11 is 0. The van der Waals surface area contributed by atoms with E-state index in [9.17, 15) is 0 Å². The van der Waals surface area contributed by atoms with Crippen LogP contribution in [-0.2, 0) is 0 Å². The Balaban J connectivity index is 2.18. The van der Waals surface area contributed by atoms with Crippen LogP contribution in [0.25, 0.3) is 0 Å². The van der Waals surface area contributed by atoms with Gasteiger partial charge in [-0.1, -0.05) is 11.1 Å². The van der Waals surface area contributed by atoms with Crippen molar-refractivity contribution in [2.45, 2.75) is 32.6 Å². The van der Waals surface area contributed by atoms with Crippen LogP contribution in [0.5, 0.6) is 0 Å². The Morgan fingerprint density at radius 1 is 1.55 bits per heavy atom. The van der Waals surface area contributed by atoms with E-state index in [4.69, 9.17) is 5.73 Å². The molecule has 1 nitrogen and oxygen atoms in total. The molecule has 2 unspecified atom stereocenters. The van der Waals surface area contributed by atoms with Crippen molar-refractivity contribution in [3.63, 3.8) is 0 Å².